The van der Waals surface area contributed by atoms with Gasteiger partial charge in [-0.3, -0.25) is 9.59 Å². The minimum atomic E-state index is -0.581. The molecule has 4 aliphatic heterocycles. The molecule has 16 heteroatoms. The highest BCUT2D eigenvalue weighted by Crippen LogP contribution is 2.43. The van der Waals surface area contributed by atoms with E-state index in [-0.39, 0.29) is 64.8 Å². The molecule has 0 saturated heterocycles. The highest BCUT2D eigenvalue weighted by molar-refractivity contribution is 9.11. The fourth-order valence-electron chi connectivity index (χ4n) is 4.98. The van der Waals surface area contributed by atoms with Crippen LogP contribution in [0.4, 0.5) is 0 Å². The molecule has 2 amide bonds. The number of carbonyl (C=O) groups is 2. The smallest absolute Gasteiger partial charge is 0.269 e. The molecule has 0 aromatic heterocycles. The van der Waals surface area contributed by atoms with E-state index in [9.17, 15) is 30.2 Å². The molecule has 0 spiro atoms. The van der Waals surface area contributed by atoms with Gasteiger partial charge in [-0.15, -0.1) is 0 Å². The predicted octanol–water partition coefficient (Wildman–Crippen LogP) is 7.51. The van der Waals surface area contributed by atoms with E-state index in [0.29, 0.717) is 48.9 Å². The summed E-state index contributed by atoms with van der Waals surface area (Å²) in [5.74, 6) is -0.435. The van der Waals surface area contributed by atoms with E-state index < -0.39 is 11.8 Å². The molecule has 50 heavy (non-hydrogen) atoms. The summed E-state index contributed by atoms with van der Waals surface area (Å²) in [5, 5.41) is 52.6. The normalized spacial score (nSPS) is 16.2. The number of oxime groups is 2. The fourth-order valence-corrected chi connectivity index (χ4v) is 7.42. The van der Waals surface area contributed by atoms with Crippen LogP contribution >= 0.6 is 63.7 Å². The summed E-state index contributed by atoms with van der Waals surface area (Å²) in [6, 6.07) is 16.7. The number of nitrogens with zero attached hydrogens (tertiary/aromatic N) is 2. The van der Waals surface area contributed by atoms with Gasteiger partial charge in [-0.2, -0.15) is 0 Å². The Morgan fingerprint density at radius 1 is 0.580 bits per heavy atom. The van der Waals surface area contributed by atoms with Gasteiger partial charge in [0.2, 0.25) is 0 Å². The topological polar surface area (TPSA) is 182 Å². The van der Waals surface area contributed by atoms with Crippen LogP contribution in [-0.2, 0) is 35.3 Å². The molecule has 260 valence electrons. The highest BCUT2D eigenvalue weighted by atomic mass is 79.9. The van der Waals surface area contributed by atoms with Crippen molar-refractivity contribution < 1.29 is 39.7 Å². The predicted molar refractivity (Wildman–Crippen MR) is 199 cm³/mol. The SMILES string of the molecule is O=C1NCCc2ccc(O)c(c2)Oc2ccc(cc2Br)CCNC(=O)C(=NO)Cc2cc(Br)c(O)c(c2)Oc2c(Br)cc(cc2Br)CC1=NO. The lowest BCUT2D eigenvalue weighted by molar-refractivity contribution is -0.115. The van der Waals surface area contributed by atoms with Crippen molar-refractivity contribution in [2.24, 2.45) is 10.3 Å². The number of phenolic OH excluding ortho intramolecular Hbond substituents is 2. The molecule has 4 aliphatic rings. The van der Waals surface area contributed by atoms with E-state index in [0.717, 1.165) is 11.1 Å². The van der Waals surface area contributed by atoms with Crippen LogP contribution in [0.5, 0.6) is 34.5 Å². The summed E-state index contributed by atoms with van der Waals surface area (Å²) < 4.78 is 13.9. The number of hydrogen-bond acceptors (Lipinski definition) is 10. The van der Waals surface area contributed by atoms with Crippen LogP contribution in [0.1, 0.15) is 22.3 Å². The molecule has 0 aliphatic carbocycles. The molecule has 6 N–H and O–H groups in total. The van der Waals surface area contributed by atoms with Crippen LogP contribution in [0, 0.1) is 0 Å². The minimum Gasteiger partial charge on any atom is -0.504 e. The zero-order valence-electron chi connectivity index (χ0n) is 25.8. The molecule has 8 rings (SSSR count). The summed E-state index contributed by atoms with van der Waals surface area (Å²) in [5.41, 5.74) is 2.44. The van der Waals surface area contributed by atoms with E-state index in [1.54, 1.807) is 36.4 Å². The Bertz CT molecular complexity index is 2000. The van der Waals surface area contributed by atoms with Crippen LogP contribution in [0.15, 0.2) is 88.9 Å². The van der Waals surface area contributed by atoms with Gasteiger partial charge in [0.1, 0.15) is 17.2 Å². The number of rotatable bonds is 0. The molecule has 0 atom stereocenters. The molecule has 4 aromatic carbocycles. The van der Waals surface area contributed by atoms with Crippen molar-refractivity contribution >= 4 is 87.0 Å². The van der Waals surface area contributed by atoms with Crippen LogP contribution in [-0.4, -0.2) is 57.0 Å². The lowest BCUT2D eigenvalue weighted by atomic mass is 10.1. The maximum atomic E-state index is 13.0. The molecule has 0 radical (unpaired) electrons. The first-order chi connectivity index (χ1) is 23.9. The maximum absolute atomic E-state index is 13.0. The van der Waals surface area contributed by atoms with Crippen molar-refractivity contribution in [1.29, 1.82) is 0 Å². The van der Waals surface area contributed by atoms with Gasteiger partial charge in [0.25, 0.3) is 11.8 Å². The van der Waals surface area contributed by atoms with Crippen molar-refractivity contribution in [2.45, 2.75) is 25.7 Å². The number of halogens is 4. The van der Waals surface area contributed by atoms with Gasteiger partial charge in [-0.25, -0.2) is 0 Å². The largest absolute Gasteiger partial charge is 0.504 e. The Morgan fingerprint density at radius 3 is 1.66 bits per heavy atom. The van der Waals surface area contributed by atoms with Crippen molar-refractivity contribution in [3.8, 4) is 34.5 Å². The molecule has 8 bridgehead atoms. The molecule has 0 unspecified atom stereocenters. The third-order valence-corrected chi connectivity index (χ3v) is 9.91. The van der Waals surface area contributed by atoms with Gasteiger partial charge < -0.3 is 40.7 Å². The Morgan fingerprint density at radius 2 is 1.08 bits per heavy atom. The van der Waals surface area contributed by atoms with E-state index in [2.05, 4.69) is 84.7 Å². The van der Waals surface area contributed by atoms with Crippen molar-refractivity contribution in [3.05, 3.63) is 101 Å². The second-order valence-corrected chi connectivity index (χ2v) is 14.5. The summed E-state index contributed by atoms with van der Waals surface area (Å²) in [7, 11) is 0. The second-order valence-electron chi connectivity index (χ2n) is 11.0. The van der Waals surface area contributed by atoms with Gasteiger partial charge in [0.15, 0.2) is 28.7 Å². The zero-order valence-corrected chi connectivity index (χ0v) is 32.2. The second kappa shape index (κ2) is 16.7. The molecule has 0 saturated carbocycles. The first-order valence-electron chi connectivity index (χ1n) is 14.9. The van der Waals surface area contributed by atoms with Gasteiger partial charge in [-0.1, -0.05) is 22.4 Å². The molecule has 4 heterocycles. The van der Waals surface area contributed by atoms with E-state index >= 15 is 0 Å². The number of phenols is 2. The molecular weight excluding hydrogens is 912 g/mol. The van der Waals surface area contributed by atoms with Crippen molar-refractivity contribution in [1.82, 2.24) is 10.6 Å². The van der Waals surface area contributed by atoms with E-state index in [1.807, 2.05) is 12.1 Å². The van der Waals surface area contributed by atoms with Crippen molar-refractivity contribution in [2.75, 3.05) is 13.1 Å². The van der Waals surface area contributed by atoms with Gasteiger partial charge in [0, 0.05) is 25.9 Å². The van der Waals surface area contributed by atoms with E-state index in [4.69, 9.17) is 9.47 Å². The van der Waals surface area contributed by atoms with Crippen molar-refractivity contribution in [3.63, 3.8) is 0 Å². The van der Waals surface area contributed by atoms with Gasteiger partial charge >= 0.3 is 0 Å². The lowest BCUT2D eigenvalue weighted by Gasteiger charge is -2.15. The standard InChI is InChI=1S/C34H28Br4N4O8/c35-21-9-17-2-4-28(21)49-29-15-18(1-3-27(29)43)6-8-40-33(45)25(41-47)13-19-11-23(37)32(24(38)12-19)50-30-16-20(10-22(36)31(30)44)14-26(42-48)34(46)39-7-5-17/h1-4,9-12,15-16,43-44,47-48H,5-8,13-14H2,(H,39,46)(H,40,45). The zero-order chi connectivity index (χ0) is 35.9. The fraction of sp³-hybridized carbons (Fsp3) is 0.176. The first kappa shape index (κ1) is 37.1. The van der Waals surface area contributed by atoms with E-state index in [1.165, 1.54) is 12.1 Å². The van der Waals surface area contributed by atoms with Crippen LogP contribution in [0.25, 0.3) is 0 Å². The average Bonchev–Trinajstić information content (AvgIpc) is 3.08. The first-order valence-corrected chi connectivity index (χ1v) is 18.1. The number of carbonyl (C=O) groups excluding carboxylic acids is 2. The number of benzene rings is 4. The number of aromatic hydroxyl groups is 2. The Labute approximate surface area is 319 Å². The number of amides is 2. The molecule has 0 fully saturated rings. The van der Waals surface area contributed by atoms with Gasteiger partial charge in [-0.05, 0) is 147 Å². The third kappa shape index (κ3) is 9.15. The third-order valence-electron chi connectivity index (χ3n) is 7.51. The Balaban J connectivity index is 1.46. The highest BCUT2D eigenvalue weighted by Gasteiger charge is 2.21. The quantitative estimate of drug-likeness (QED) is 0.0774. The summed E-state index contributed by atoms with van der Waals surface area (Å²) >= 11 is 13.8. The summed E-state index contributed by atoms with van der Waals surface area (Å²) in [6.45, 7) is 0.447. The summed E-state index contributed by atoms with van der Waals surface area (Å²) in [6.07, 6.45) is 0.727. The number of nitrogens with one attached hydrogen (secondary N) is 2. The molecular formula is C34H28Br4N4O8. The Hall–Kier alpha value is -4.12. The minimum absolute atomic E-state index is 0.0255. The Kier molecular flexibility index (Phi) is 12.4. The van der Waals surface area contributed by atoms with Crippen LogP contribution < -0.4 is 20.1 Å². The summed E-state index contributed by atoms with van der Waals surface area (Å²) in [4.78, 5) is 25.9. The van der Waals surface area contributed by atoms with Crippen LogP contribution in [0.3, 0.4) is 0 Å². The lowest BCUT2D eigenvalue weighted by Crippen LogP contribution is -2.33. The average molecular weight is 940 g/mol. The maximum Gasteiger partial charge on any atom is 0.269 e. The molecule has 4 aromatic rings. The number of ether oxygens (including phenoxy) is 2. The van der Waals surface area contributed by atoms with Crippen LogP contribution in [0.2, 0.25) is 0 Å². The number of hydrogen-bond donors (Lipinski definition) is 6. The van der Waals surface area contributed by atoms with Gasteiger partial charge in [0.05, 0.1) is 17.9 Å². The molecule has 12 nitrogen and oxygen atoms in total. The monoisotopic (exact) mass is 936 g/mol.